The molecule has 0 atom stereocenters. The van der Waals surface area contributed by atoms with Crippen LogP contribution in [0.3, 0.4) is 0 Å². The Bertz CT molecular complexity index is 361. The van der Waals surface area contributed by atoms with Crippen molar-refractivity contribution in [1.29, 1.82) is 0 Å². The average molecular weight is 170 g/mol. The average Bonchev–Trinajstić information content (AvgIpc) is 2.47. The molecule has 0 saturated heterocycles. The Labute approximate surface area is 77.3 Å². The summed E-state index contributed by atoms with van der Waals surface area (Å²) in [5.74, 6) is 0. The van der Waals surface area contributed by atoms with E-state index in [1.54, 1.807) is 6.21 Å². The first-order valence-electron chi connectivity index (χ1n) is 4.27. The van der Waals surface area contributed by atoms with Crippen molar-refractivity contribution >= 4 is 11.9 Å². The third-order valence-electron chi connectivity index (χ3n) is 1.89. The van der Waals surface area contributed by atoms with Gasteiger partial charge < -0.3 is 0 Å². The van der Waals surface area contributed by atoms with Crippen LogP contribution in [-0.4, -0.2) is 11.9 Å². The molecule has 1 heterocycles. The predicted molar refractivity (Wildman–Crippen MR) is 55.2 cm³/mol. The predicted octanol–water partition coefficient (Wildman–Crippen LogP) is 2.42. The highest BCUT2D eigenvalue weighted by molar-refractivity contribution is 6.02. The van der Waals surface area contributed by atoms with E-state index in [4.69, 9.17) is 0 Å². The van der Waals surface area contributed by atoms with Crippen molar-refractivity contribution in [3.63, 3.8) is 0 Å². The first kappa shape index (κ1) is 7.92. The number of benzene rings is 1. The van der Waals surface area contributed by atoms with Crippen LogP contribution in [0.1, 0.15) is 12.0 Å². The molecule has 0 aromatic heterocycles. The molecule has 0 spiro atoms. The number of rotatable bonds is 1. The smallest absolute Gasteiger partial charge is 0.0740 e. The lowest BCUT2D eigenvalue weighted by molar-refractivity contribution is 1.23. The number of hydrogen-bond acceptors (Lipinski definition) is 2. The van der Waals surface area contributed by atoms with E-state index in [-0.39, 0.29) is 0 Å². The Morgan fingerprint density at radius 3 is 2.77 bits per heavy atom. The van der Waals surface area contributed by atoms with Gasteiger partial charge in [-0.3, -0.25) is 0 Å². The van der Waals surface area contributed by atoms with Crippen LogP contribution >= 0.6 is 0 Å². The third-order valence-corrected chi connectivity index (χ3v) is 1.89. The van der Waals surface area contributed by atoms with Crippen molar-refractivity contribution in [3.8, 4) is 0 Å². The van der Waals surface area contributed by atoms with Crippen molar-refractivity contribution in [2.75, 3.05) is 0 Å². The van der Waals surface area contributed by atoms with Crippen molar-refractivity contribution in [2.45, 2.75) is 6.42 Å². The Hall–Kier alpha value is -1.70. The zero-order valence-corrected chi connectivity index (χ0v) is 7.22. The Morgan fingerprint density at radius 1 is 1.08 bits per heavy atom. The van der Waals surface area contributed by atoms with Gasteiger partial charge in [0.25, 0.3) is 0 Å². The highest BCUT2D eigenvalue weighted by atomic mass is 15.2. The van der Waals surface area contributed by atoms with Crippen LogP contribution in [0.2, 0.25) is 0 Å². The van der Waals surface area contributed by atoms with Crippen LogP contribution in [-0.2, 0) is 0 Å². The van der Waals surface area contributed by atoms with E-state index in [1.807, 2.05) is 36.4 Å². The first-order chi connectivity index (χ1) is 6.47. The molecule has 0 unspecified atom stereocenters. The van der Waals surface area contributed by atoms with Gasteiger partial charge >= 0.3 is 0 Å². The molecule has 2 heteroatoms. The van der Waals surface area contributed by atoms with Crippen LogP contribution in [0.25, 0.3) is 0 Å². The van der Waals surface area contributed by atoms with Crippen molar-refractivity contribution in [3.05, 3.63) is 48.0 Å². The third kappa shape index (κ3) is 1.90. The molecule has 0 bridgehead atoms. The monoisotopic (exact) mass is 170 g/mol. The van der Waals surface area contributed by atoms with Crippen molar-refractivity contribution in [2.24, 2.45) is 10.2 Å². The number of allylic oxidation sites excluding steroid dienone is 2. The first-order valence-corrected chi connectivity index (χ1v) is 4.27. The summed E-state index contributed by atoms with van der Waals surface area (Å²) in [5.41, 5.74) is 2.16. The molecule has 0 amide bonds. The van der Waals surface area contributed by atoms with Crippen LogP contribution in [0.4, 0.5) is 0 Å². The van der Waals surface area contributed by atoms with Gasteiger partial charge in [0.05, 0.1) is 5.71 Å². The van der Waals surface area contributed by atoms with E-state index in [1.165, 1.54) is 0 Å². The molecule has 0 N–H and O–H groups in total. The maximum atomic E-state index is 4.12. The summed E-state index contributed by atoms with van der Waals surface area (Å²) in [6, 6.07) is 10.1. The molecule has 0 radical (unpaired) electrons. The normalized spacial score (nSPS) is 15.2. The Morgan fingerprint density at radius 2 is 1.92 bits per heavy atom. The molecule has 2 nitrogen and oxygen atoms in total. The van der Waals surface area contributed by atoms with Gasteiger partial charge in [0.2, 0.25) is 0 Å². The summed E-state index contributed by atoms with van der Waals surface area (Å²) in [6.45, 7) is 0. The van der Waals surface area contributed by atoms with Gasteiger partial charge in [-0.05, 0) is 11.6 Å². The molecule has 13 heavy (non-hydrogen) atoms. The van der Waals surface area contributed by atoms with E-state index < -0.39 is 0 Å². The van der Waals surface area contributed by atoms with Gasteiger partial charge in [0, 0.05) is 12.6 Å². The highest BCUT2D eigenvalue weighted by Crippen LogP contribution is 2.06. The molecule has 1 aromatic carbocycles. The molecule has 0 aliphatic carbocycles. The summed E-state index contributed by atoms with van der Waals surface area (Å²) >= 11 is 0. The zero-order chi connectivity index (χ0) is 8.93. The lowest BCUT2D eigenvalue weighted by Crippen LogP contribution is -1.97. The Kier molecular flexibility index (Phi) is 2.32. The minimum atomic E-state index is 0.851. The molecular weight excluding hydrogens is 160 g/mol. The van der Waals surface area contributed by atoms with E-state index >= 15 is 0 Å². The zero-order valence-electron chi connectivity index (χ0n) is 7.22. The van der Waals surface area contributed by atoms with Crippen LogP contribution in [0, 0.1) is 0 Å². The summed E-state index contributed by atoms with van der Waals surface area (Å²) in [4.78, 5) is 0. The van der Waals surface area contributed by atoms with Gasteiger partial charge in [0.15, 0.2) is 0 Å². The topological polar surface area (TPSA) is 24.7 Å². The van der Waals surface area contributed by atoms with Crippen LogP contribution < -0.4 is 0 Å². The minimum absolute atomic E-state index is 0.851. The highest BCUT2D eigenvalue weighted by Gasteiger charge is 2.00. The molecule has 0 saturated carbocycles. The molecule has 2 rings (SSSR count). The standard InChI is InChI=1S/C11H10N2/c1-2-6-10(7-3-1)11-8-4-5-9-12-13-11/h1-7,9H,8H2. The maximum absolute atomic E-state index is 4.12. The summed E-state index contributed by atoms with van der Waals surface area (Å²) in [5, 5.41) is 8.02. The summed E-state index contributed by atoms with van der Waals surface area (Å²) in [7, 11) is 0. The lowest BCUT2D eigenvalue weighted by Gasteiger charge is -1.99. The van der Waals surface area contributed by atoms with Gasteiger partial charge in [-0.15, -0.1) is 0 Å². The second-order valence-electron chi connectivity index (χ2n) is 2.81. The summed E-state index contributed by atoms with van der Waals surface area (Å²) < 4.78 is 0. The largest absolute Gasteiger partial charge is 0.159 e. The van der Waals surface area contributed by atoms with Gasteiger partial charge in [-0.2, -0.15) is 10.2 Å². The molecule has 64 valence electrons. The fourth-order valence-corrected chi connectivity index (χ4v) is 1.23. The minimum Gasteiger partial charge on any atom is -0.159 e. The van der Waals surface area contributed by atoms with Crippen molar-refractivity contribution < 1.29 is 0 Å². The van der Waals surface area contributed by atoms with E-state index in [0.29, 0.717) is 0 Å². The fourth-order valence-electron chi connectivity index (χ4n) is 1.23. The number of hydrogen-bond donors (Lipinski definition) is 0. The molecule has 1 aliphatic rings. The molecule has 1 aliphatic heterocycles. The number of nitrogens with zero attached hydrogens (tertiary/aromatic N) is 2. The van der Waals surface area contributed by atoms with E-state index in [2.05, 4.69) is 16.3 Å². The van der Waals surface area contributed by atoms with E-state index in [9.17, 15) is 0 Å². The SMILES string of the molecule is C1=CCC(c2ccccc2)=NN=C1. The van der Waals surface area contributed by atoms with Crippen molar-refractivity contribution in [1.82, 2.24) is 0 Å². The van der Waals surface area contributed by atoms with Gasteiger partial charge in [0.1, 0.15) is 0 Å². The van der Waals surface area contributed by atoms with E-state index in [0.717, 1.165) is 17.7 Å². The quantitative estimate of drug-likeness (QED) is 0.618. The molecule has 0 fully saturated rings. The summed E-state index contributed by atoms with van der Waals surface area (Å²) in [6.07, 6.45) is 6.53. The molecule has 1 aromatic rings. The van der Waals surface area contributed by atoms with Crippen LogP contribution in [0.5, 0.6) is 0 Å². The molecular formula is C11H10N2. The van der Waals surface area contributed by atoms with Gasteiger partial charge in [-0.1, -0.05) is 36.4 Å². The van der Waals surface area contributed by atoms with Crippen LogP contribution in [0.15, 0.2) is 52.7 Å². The lowest BCUT2D eigenvalue weighted by atomic mass is 10.1. The second kappa shape index (κ2) is 3.81. The maximum Gasteiger partial charge on any atom is 0.0740 e. The fraction of sp³-hybridized carbons (Fsp3) is 0.0909. The second-order valence-corrected chi connectivity index (χ2v) is 2.81. The Balaban J connectivity index is 2.32. The van der Waals surface area contributed by atoms with Gasteiger partial charge in [-0.25, -0.2) is 0 Å².